The van der Waals surface area contributed by atoms with Gasteiger partial charge in [-0.15, -0.1) is 0 Å². The number of nitrogens with one attached hydrogen (secondary N) is 1. The Morgan fingerprint density at radius 2 is 1.93 bits per heavy atom. The van der Waals surface area contributed by atoms with Gasteiger partial charge >= 0.3 is 6.61 Å². The van der Waals surface area contributed by atoms with Crippen LogP contribution in [0.15, 0.2) is 48.5 Å². The van der Waals surface area contributed by atoms with E-state index >= 15 is 0 Å². The molecule has 1 aromatic heterocycles. The first-order valence-electron chi connectivity index (χ1n) is 8.51. The van der Waals surface area contributed by atoms with E-state index in [2.05, 4.69) is 9.72 Å². The summed E-state index contributed by atoms with van der Waals surface area (Å²) in [4.78, 5) is 17.3. The van der Waals surface area contributed by atoms with Gasteiger partial charge in [0, 0.05) is 24.5 Å². The molecule has 0 fully saturated rings. The van der Waals surface area contributed by atoms with Gasteiger partial charge in [0.2, 0.25) is 0 Å². The van der Waals surface area contributed by atoms with Crippen molar-refractivity contribution in [1.82, 2.24) is 9.88 Å². The molecule has 142 valence electrons. The van der Waals surface area contributed by atoms with Crippen LogP contribution in [0.2, 0.25) is 0 Å². The van der Waals surface area contributed by atoms with Crippen LogP contribution in [0.4, 0.5) is 8.78 Å². The van der Waals surface area contributed by atoms with Crippen LogP contribution in [0.3, 0.4) is 0 Å². The van der Waals surface area contributed by atoms with Gasteiger partial charge in [-0.2, -0.15) is 8.78 Å². The summed E-state index contributed by atoms with van der Waals surface area (Å²) in [7, 11) is 1.68. The number of alkyl halides is 2. The van der Waals surface area contributed by atoms with Gasteiger partial charge in [-0.05, 0) is 36.8 Å². The molecule has 0 unspecified atom stereocenters. The Bertz CT molecular complexity index is 907. The Hall–Kier alpha value is -3.09. The summed E-state index contributed by atoms with van der Waals surface area (Å²) in [6, 6.07) is 14.1. The van der Waals surface area contributed by atoms with E-state index in [-0.39, 0.29) is 17.4 Å². The van der Waals surface area contributed by atoms with Crippen LogP contribution >= 0.6 is 0 Å². The number of nitrogens with zero attached hydrogens (tertiary/aromatic N) is 1. The average molecular weight is 374 g/mol. The summed E-state index contributed by atoms with van der Waals surface area (Å²) in [6.45, 7) is -0.568. The Morgan fingerprint density at radius 1 is 1.15 bits per heavy atom. The molecular weight excluding hydrogens is 354 g/mol. The molecule has 0 spiro atoms. The van der Waals surface area contributed by atoms with Crippen molar-refractivity contribution in [2.75, 3.05) is 13.7 Å². The van der Waals surface area contributed by atoms with Crippen molar-refractivity contribution in [3.63, 3.8) is 0 Å². The molecule has 1 N–H and O–H groups in total. The molecule has 0 bridgehead atoms. The smallest absolute Gasteiger partial charge is 0.387 e. The number of aromatic amines is 1. The lowest BCUT2D eigenvalue weighted by atomic mass is 10.2. The zero-order valence-electron chi connectivity index (χ0n) is 15.0. The van der Waals surface area contributed by atoms with E-state index in [0.717, 1.165) is 16.5 Å². The van der Waals surface area contributed by atoms with Crippen LogP contribution in [-0.2, 0) is 6.54 Å². The van der Waals surface area contributed by atoms with Gasteiger partial charge in [-0.25, -0.2) is 0 Å². The Morgan fingerprint density at radius 3 is 2.63 bits per heavy atom. The number of H-pyrrole nitrogens is 1. The summed E-state index contributed by atoms with van der Waals surface area (Å²) >= 11 is 0. The summed E-state index contributed by atoms with van der Waals surface area (Å²) in [5.41, 5.74) is 2.12. The fourth-order valence-electron chi connectivity index (χ4n) is 2.85. The number of aromatic nitrogens is 1. The van der Waals surface area contributed by atoms with Crippen molar-refractivity contribution in [3.8, 4) is 11.5 Å². The van der Waals surface area contributed by atoms with Crippen molar-refractivity contribution < 1.29 is 23.0 Å². The molecule has 27 heavy (non-hydrogen) atoms. The van der Waals surface area contributed by atoms with Crippen LogP contribution in [-0.4, -0.2) is 36.1 Å². The Balaban J connectivity index is 1.77. The van der Waals surface area contributed by atoms with Crippen LogP contribution < -0.4 is 9.47 Å². The fraction of sp³-hybridized carbons (Fsp3) is 0.250. The topological polar surface area (TPSA) is 54.6 Å². The SMILES string of the molecule is CCOc1cc(CN(C)C(=O)c2cc3ccccc3[nH]2)ccc1OC(F)F. The summed E-state index contributed by atoms with van der Waals surface area (Å²) in [5.74, 6) is 0.0269. The van der Waals surface area contributed by atoms with E-state index in [4.69, 9.17) is 4.74 Å². The summed E-state index contributed by atoms with van der Waals surface area (Å²) < 4.78 is 34.8. The van der Waals surface area contributed by atoms with E-state index in [9.17, 15) is 13.6 Å². The highest BCUT2D eigenvalue weighted by Gasteiger charge is 2.17. The first-order valence-corrected chi connectivity index (χ1v) is 8.51. The molecular formula is C20H20F2N2O3. The lowest BCUT2D eigenvalue weighted by Gasteiger charge is -2.18. The van der Waals surface area contributed by atoms with E-state index < -0.39 is 6.61 Å². The lowest BCUT2D eigenvalue weighted by molar-refractivity contribution is -0.0514. The number of amides is 1. The second kappa shape index (κ2) is 8.07. The van der Waals surface area contributed by atoms with Crippen molar-refractivity contribution in [1.29, 1.82) is 0 Å². The largest absolute Gasteiger partial charge is 0.490 e. The number of para-hydroxylation sites is 1. The van der Waals surface area contributed by atoms with Crippen molar-refractivity contribution in [3.05, 3.63) is 59.8 Å². The van der Waals surface area contributed by atoms with Crippen LogP contribution in [0.25, 0.3) is 10.9 Å². The second-order valence-corrected chi connectivity index (χ2v) is 6.02. The molecule has 0 aliphatic rings. The first kappa shape index (κ1) is 18.7. The monoisotopic (exact) mass is 374 g/mol. The van der Waals surface area contributed by atoms with Gasteiger partial charge in [-0.3, -0.25) is 4.79 Å². The maximum absolute atomic E-state index is 12.7. The predicted octanol–water partition coefficient (Wildman–Crippen LogP) is 4.44. The number of carbonyl (C=O) groups is 1. The zero-order valence-corrected chi connectivity index (χ0v) is 15.0. The minimum absolute atomic E-state index is 0.0276. The number of hydrogen-bond donors (Lipinski definition) is 1. The molecule has 2 aromatic carbocycles. The van der Waals surface area contributed by atoms with Gasteiger partial charge in [0.25, 0.3) is 5.91 Å². The molecule has 7 heteroatoms. The number of fused-ring (bicyclic) bond motifs is 1. The number of benzene rings is 2. The van der Waals surface area contributed by atoms with Crippen LogP contribution in [0, 0.1) is 0 Å². The summed E-state index contributed by atoms with van der Waals surface area (Å²) in [6.07, 6.45) is 0. The highest BCUT2D eigenvalue weighted by atomic mass is 19.3. The van der Waals surface area contributed by atoms with Crippen LogP contribution in [0.5, 0.6) is 11.5 Å². The molecule has 1 heterocycles. The standard InChI is InChI=1S/C20H20F2N2O3/c1-3-26-18-10-13(8-9-17(18)27-20(21)22)12-24(2)19(25)16-11-14-6-4-5-7-15(14)23-16/h4-11,20,23H,3,12H2,1-2H3. The lowest BCUT2D eigenvalue weighted by Crippen LogP contribution is -2.26. The Labute approximate surface area is 155 Å². The van der Waals surface area contributed by atoms with Crippen molar-refractivity contribution >= 4 is 16.8 Å². The summed E-state index contributed by atoms with van der Waals surface area (Å²) in [5, 5.41) is 0.960. The molecule has 3 aromatic rings. The van der Waals surface area contributed by atoms with Gasteiger partial charge in [-0.1, -0.05) is 24.3 Å². The normalized spacial score (nSPS) is 11.0. The van der Waals surface area contributed by atoms with Crippen molar-refractivity contribution in [2.45, 2.75) is 20.1 Å². The third-order valence-corrected chi connectivity index (χ3v) is 4.05. The number of ether oxygens (including phenoxy) is 2. The maximum Gasteiger partial charge on any atom is 0.387 e. The number of hydrogen-bond acceptors (Lipinski definition) is 3. The molecule has 3 rings (SSSR count). The third kappa shape index (κ3) is 4.36. The van der Waals surface area contributed by atoms with E-state index in [1.165, 1.54) is 6.07 Å². The van der Waals surface area contributed by atoms with E-state index in [1.54, 1.807) is 37.1 Å². The third-order valence-electron chi connectivity index (χ3n) is 4.05. The van der Waals surface area contributed by atoms with Gasteiger partial charge in [0.1, 0.15) is 5.69 Å². The quantitative estimate of drug-likeness (QED) is 0.665. The minimum atomic E-state index is -2.93. The molecule has 0 saturated carbocycles. The second-order valence-electron chi connectivity index (χ2n) is 6.02. The van der Waals surface area contributed by atoms with Gasteiger partial charge < -0.3 is 19.4 Å². The van der Waals surface area contributed by atoms with Crippen molar-refractivity contribution in [2.24, 2.45) is 0 Å². The molecule has 0 atom stereocenters. The number of carbonyl (C=O) groups excluding carboxylic acids is 1. The molecule has 1 amide bonds. The number of halogens is 2. The average Bonchev–Trinajstić information content (AvgIpc) is 3.07. The highest BCUT2D eigenvalue weighted by molar-refractivity contribution is 5.97. The highest BCUT2D eigenvalue weighted by Crippen LogP contribution is 2.30. The molecule has 0 radical (unpaired) electrons. The van der Waals surface area contributed by atoms with E-state index in [1.807, 2.05) is 24.3 Å². The molecule has 0 aliphatic heterocycles. The Kier molecular flexibility index (Phi) is 5.59. The van der Waals surface area contributed by atoms with Gasteiger partial charge in [0.15, 0.2) is 11.5 Å². The van der Waals surface area contributed by atoms with Crippen LogP contribution in [0.1, 0.15) is 23.0 Å². The minimum Gasteiger partial charge on any atom is -0.490 e. The predicted molar refractivity (Wildman–Crippen MR) is 98.3 cm³/mol. The molecule has 0 saturated heterocycles. The first-order chi connectivity index (χ1) is 13.0. The zero-order chi connectivity index (χ0) is 19.4. The fourth-order valence-corrected chi connectivity index (χ4v) is 2.85. The molecule has 5 nitrogen and oxygen atoms in total. The van der Waals surface area contributed by atoms with E-state index in [0.29, 0.717) is 18.8 Å². The maximum atomic E-state index is 12.7. The molecule has 0 aliphatic carbocycles. The number of rotatable bonds is 7. The van der Waals surface area contributed by atoms with Gasteiger partial charge in [0.05, 0.1) is 6.61 Å².